The Bertz CT molecular complexity index is 838. The second kappa shape index (κ2) is 7.12. The molecular formula is C18H16FN3O3. The molecule has 3 rings (SSSR count). The number of amides is 1. The summed E-state index contributed by atoms with van der Waals surface area (Å²) in [6, 6.07) is 11.5. The lowest BCUT2D eigenvalue weighted by Crippen LogP contribution is -2.32. The Morgan fingerprint density at radius 3 is 2.88 bits per heavy atom. The van der Waals surface area contributed by atoms with Crippen LogP contribution in [0, 0.1) is 22.6 Å². The molecule has 3 N–H and O–H groups in total. The maximum Gasteiger partial charge on any atom is 0.231 e. The number of carbonyl (C=O) groups is 1. The third-order valence-corrected chi connectivity index (χ3v) is 3.91. The maximum atomic E-state index is 14.0. The molecule has 6 nitrogen and oxygen atoms in total. The number of para-hydroxylation sites is 1. The Morgan fingerprint density at radius 2 is 2.12 bits per heavy atom. The van der Waals surface area contributed by atoms with Gasteiger partial charge in [0.05, 0.1) is 11.5 Å². The summed E-state index contributed by atoms with van der Waals surface area (Å²) in [6.07, 6.45) is 1.11. The van der Waals surface area contributed by atoms with Crippen LogP contribution < -0.4 is 10.1 Å². The summed E-state index contributed by atoms with van der Waals surface area (Å²) in [4.78, 5) is 12.4. The Labute approximate surface area is 143 Å². The number of rotatable bonds is 4. The van der Waals surface area contributed by atoms with Crippen LogP contribution >= 0.6 is 0 Å². The average Bonchev–Trinajstić information content (AvgIpc) is 2.61. The zero-order valence-electron chi connectivity index (χ0n) is 13.2. The highest BCUT2D eigenvalue weighted by molar-refractivity contribution is 5.97. The van der Waals surface area contributed by atoms with E-state index in [1.54, 1.807) is 0 Å². The number of fused-ring (bicyclic) bond motifs is 1. The number of ether oxygens (including phenoxy) is 2. The molecule has 1 aliphatic rings. The molecule has 1 atom stereocenters. The first kappa shape index (κ1) is 16.6. The van der Waals surface area contributed by atoms with Gasteiger partial charge in [-0.2, -0.15) is 0 Å². The van der Waals surface area contributed by atoms with Crippen LogP contribution in [0.3, 0.4) is 0 Å². The van der Waals surface area contributed by atoms with Gasteiger partial charge >= 0.3 is 0 Å². The maximum absolute atomic E-state index is 14.0. The first-order valence-electron chi connectivity index (χ1n) is 7.64. The van der Waals surface area contributed by atoms with Crippen LogP contribution in [0.4, 0.5) is 10.1 Å². The molecule has 1 amide bonds. The second-order valence-corrected chi connectivity index (χ2v) is 5.57. The van der Waals surface area contributed by atoms with E-state index in [9.17, 15) is 9.18 Å². The molecule has 0 bridgehead atoms. The van der Waals surface area contributed by atoms with Crippen LogP contribution in [0.15, 0.2) is 42.5 Å². The fraction of sp³-hybridized carbons (Fsp3) is 0.167. The lowest BCUT2D eigenvalue weighted by atomic mass is 9.96. The molecular weight excluding hydrogens is 325 g/mol. The van der Waals surface area contributed by atoms with E-state index < -0.39 is 11.7 Å². The molecule has 0 radical (unpaired) electrons. The summed E-state index contributed by atoms with van der Waals surface area (Å²) in [7, 11) is 0. The van der Waals surface area contributed by atoms with Gasteiger partial charge in [0.15, 0.2) is 6.40 Å². The van der Waals surface area contributed by atoms with Gasteiger partial charge < -0.3 is 14.8 Å². The van der Waals surface area contributed by atoms with Crippen LogP contribution in [0.25, 0.3) is 0 Å². The van der Waals surface area contributed by atoms with Crippen LogP contribution in [-0.2, 0) is 16.0 Å². The van der Waals surface area contributed by atoms with Gasteiger partial charge in [-0.25, -0.2) is 4.39 Å². The van der Waals surface area contributed by atoms with Crippen molar-refractivity contribution in [1.29, 1.82) is 10.8 Å². The molecule has 2 aromatic rings. The van der Waals surface area contributed by atoms with E-state index in [0.717, 1.165) is 17.4 Å². The van der Waals surface area contributed by atoms with E-state index in [1.165, 1.54) is 12.1 Å². The van der Waals surface area contributed by atoms with Gasteiger partial charge in [0.1, 0.15) is 18.2 Å². The van der Waals surface area contributed by atoms with Gasteiger partial charge in [-0.3, -0.25) is 15.6 Å². The summed E-state index contributed by atoms with van der Waals surface area (Å²) in [5, 5.41) is 16.9. The molecule has 128 valence electrons. The lowest BCUT2D eigenvalue weighted by Gasteiger charge is -2.24. The van der Waals surface area contributed by atoms with Gasteiger partial charge in [0, 0.05) is 5.69 Å². The SMILES string of the molecule is N=COC(=N)c1ccc(NC(=O)C2COc3ccccc3C2)cc1F. The van der Waals surface area contributed by atoms with E-state index in [1.807, 2.05) is 24.3 Å². The molecule has 0 saturated carbocycles. The Kier molecular flexibility index (Phi) is 4.74. The number of hydrogen-bond donors (Lipinski definition) is 3. The zero-order valence-corrected chi connectivity index (χ0v) is 13.2. The van der Waals surface area contributed by atoms with Gasteiger partial charge in [0.2, 0.25) is 11.8 Å². The van der Waals surface area contributed by atoms with Crippen LogP contribution in [0.2, 0.25) is 0 Å². The van der Waals surface area contributed by atoms with Crippen molar-refractivity contribution in [3.05, 3.63) is 59.4 Å². The molecule has 1 heterocycles. The number of halogens is 1. The van der Waals surface area contributed by atoms with E-state index in [0.29, 0.717) is 12.8 Å². The van der Waals surface area contributed by atoms with E-state index >= 15 is 0 Å². The summed E-state index contributed by atoms with van der Waals surface area (Å²) >= 11 is 0. The zero-order chi connectivity index (χ0) is 17.8. The predicted octanol–water partition coefficient (Wildman–Crippen LogP) is 2.96. The van der Waals surface area contributed by atoms with Gasteiger partial charge in [-0.05, 0) is 36.2 Å². The van der Waals surface area contributed by atoms with Crippen molar-refractivity contribution in [3.63, 3.8) is 0 Å². The van der Waals surface area contributed by atoms with Gasteiger partial charge in [-0.1, -0.05) is 18.2 Å². The second-order valence-electron chi connectivity index (χ2n) is 5.57. The van der Waals surface area contributed by atoms with E-state index in [2.05, 4.69) is 10.1 Å². The Morgan fingerprint density at radius 1 is 1.32 bits per heavy atom. The minimum absolute atomic E-state index is 0.0866. The normalized spacial score (nSPS) is 15.5. The summed E-state index contributed by atoms with van der Waals surface area (Å²) < 4.78 is 24.2. The number of carbonyl (C=O) groups excluding carboxylic acids is 1. The van der Waals surface area contributed by atoms with Crippen molar-refractivity contribution in [2.45, 2.75) is 6.42 Å². The van der Waals surface area contributed by atoms with Crippen molar-refractivity contribution in [2.75, 3.05) is 11.9 Å². The fourth-order valence-electron chi connectivity index (χ4n) is 2.64. The highest BCUT2D eigenvalue weighted by Gasteiger charge is 2.26. The highest BCUT2D eigenvalue weighted by atomic mass is 19.1. The monoisotopic (exact) mass is 341 g/mol. The first-order chi connectivity index (χ1) is 12.1. The number of hydrogen-bond acceptors (Lipinski definition) is 5. The molecule has 0 fully saturated rings. The topological polar surface area (TPSA) is 95.3 Å². The summed E-state index contributed by atoms with van der Waals surface area (Å²) in [5.41, 5.74) is 1.16. The Hall–Kier alpha value is -3.22. The molecule has 2 aromatic carbocycles. The quantitative estimate of drug-likeness (QED) is 0.589. The highest BCUT2D eigenvalue weighted by Crippen LogP contribution is 2.27. The lowest BCUT2D eigenvalue weighted by molar-refractivity contribution is -0.121. The van der Waals surface area contributed by atoms with Crippen molar-refractivity contribution < 1.29 is 18.7 Å². The van der Waals surface area contributed by atoms with Crippen molar-refractivity contribution in [1.82, 2.24) is 0 Å². The minimum atomic E-state index is -0.713. The van der Waals surface area contributed by atoms with E-state index in [-0.39, 0.29) is 29.7 Å². The molecule has 1 aliphatic heterocycles. The average molecular weight is 341 g/mol. The molecule has 0 saturated heterocycles. The number of nitrogens with one attached hydrogen (secondary N) is 3. The minimum Gasteiger partial charge on any atom is -0.492 e. The summed E-state index contributed by atoms with van der Waals surface area (Å²) in [6.45, 7) is 0.265. The molecule has 25 heavy (non-hydrogen) atoms. The fourth-order valence-corrected chi connectivity index (χ4v) is 2.64. The summed E-state index contributed by atoms with van der Waals surface area (Å²) in [5.74, 6) is -1.02. The molecule has 7 heteroatoms. The van der Waals surface area contributed by atoms with Gasteiger partial charge in [0.25, 0.3) is 0 Å². The predicted molar refractivity (Wildman–Crippen MR) is 90.9 cm³/mol. The first-order valence-corrected chi connectivity index (χ1v) is 7.64. The largest absolute Gasteiger partial charge is 0.492 e. The number of anilines is 1. The molecule has 0 aromatic heterocycles. The number of benzene rings is 2. The van der Waals surface area contributed by atoms with Crippen molar-refractivity contribution in [3.8, 4) is 5.75 Å². The molecule has 1 unspecified atom stereocenters. The van der Waals surface area contributed by atoms with Crippen LogP contribution in [0.5, 0.6) is 5.75 Å². The van der Waals surface area contributed by atoms with Crippen molar-refractivity contribution >= 4 is 23.9 Å². The van der Waals surface area contributed by atoms with Crippen molar-refractivity contribution in [2.24, 2.45) is 5.92 Å². The molecule has 0 spiro atoms. The smallest absolute Gasteiger partial charge is 0.231 e. The van der Waals surface area contributed by atoms with Crippen LogP contribution in [0.1, 0.15) is 11.1 Å². The standard InChI is InChI=1S/C18H16FN3O3/c19-15-8-13(5-6-14(15)17(21)25-10-20)22-18(23)12-7-11-3-1-2-4-16(11)24-9-12/h1-6,8,10,12,20-21H,7,9H2,(H,22,23). The van der Waals surface area contributed by atoms with Gasteiger partial charge in [-0.15, -0.1) is 0 Å². The van der Waals surface area contributed by atoms with E-state index in [4.69, 9.17) is 15.6 Å². The third-order valence-electron chi connectivity index (χ3n) is 3.91. The molecule has 0 aliphatic carbocycles. The third kappa shape index (κ3) is 3.65. The van der Waals surface area contributed by atoms with Crippen LogP contribution in [-0.4, -0.2) is 24.8 Å². The Balaban J connectivity index is 1.68.